The minimum atomic E-state index is 0.631. The van der Waals surface area contributed by atoms with Crippen molar-refractivity contribution in [2.45, 2.75) is 33.1 Å². The Bertz CT molecular complexity index is 219. The Morgan fingerprint density at radius 2 is 1.85 bits per heavy atom. The number of nitrogens with zero attached hydrogens (tertiary/aromatic N) is 1. The van der Waals surface area contributed by atoms with Crippen LogP contribution in [0.5, 0.6) is 0 Å². The number of hydrogen-bond acceptors (Lipinski definition) is 1. The van der Waals surface area contributed by atoms with Gasteiger partial charge in [-0.15, -0.1) is 0 Å². The molecule has 0 aromatic heterocycles. The summed E-state index contributed by atoms with van der Waals surface area (Å²) in [6.45, 7) is 7.21. The van der Waals surface area contributed by atoms with Crippen molar-refractivity contribution in [3.63, 3.8) is 0 Å². The molecule has 0 amide bonds. The van der Waals surface area contributed by atoms with Crippen molar-refractivity contribution >= 4 is 0 Å². The van der Waals surface area contributed by atoms with Crippen molar-refractivity contribution in [1.29, 1.82) is 0 Å². The van der Waals surface area contributed by atoms with Crippen molar-refractivity contribution in [3.05, 3.63) is 11.6 Å². The fraction of sp³-hybridized carbons (Fsp3) is 0.833. The Hall–Kier alpha value is -0.300. The molecule has 1 aliphatic heterocycles. The molecule has 1 saturated heterocycles. The Morgan fingerprint density at radius 3 is 2.31 bits per heavy atom. The second kappa shape index (κ2) is 3.13. The van der Waals surface area contributed by atoms with Crippen LogP contribution in [0.2, 0.25) is 0 Å². The zero-order valence-electron chi connectivity index (χ0n) is 9.14. The zero-order chi connectivity index (χ0) is 9.47. The molecule has 74 valence electrons. The van der Waals surface area contributed by atoms with Gasteiger partial charge in [0.15, 0.2) is 0 Å². The quantitative estimate of drug-likeness (QED) is 0.559. The Kier molecular flexibility index (Phi) is 2.23. The van der Waals surface area contributed by atoms with Crippen LogP contribution < -0.4 is 0 Å². The first-order valence-corrected chi connectivity index (χ1v) is 5.51. The second-order valence-corrected chi connectivity index (χ2v) is 5.22. The van der Waals surface area contributed by atoms with Gasteiger partial charge < -0.3 is 4.90 Å². The molecule has 0 bridgehead atoms. The van der Waals surface area contributed by atoms with Crippen LogP contribution in [0.15, 0.2) is 11.6 Å². The van der Waals surface area contributed by atoms with Gasteiger partial charge in [-0.1, -0.05) is 25.5 Å². The molecule has 2 rings (SSSR count). The summed E-state index contributed by atoms with van der Waals surface area (Å²) >= 11 is 0. The molecule has 0 aromatic carbocycles. The lowest BCUT2D eigenvalue weighted by Crippen LogP contribution is -2.41. The molecule has 1 heteroatoms. The monoisotopic (exact) mass is 179 g/mol. The first-order valence-electron chi connectivity index (χ1n) is 5.51. The van der Waals surface area contributed by atoms with Crippen LogP contribution >= 0.6 is 0 Å². The molecule has 1 nitrogen and oxygen atoms in total. The van der Waals surface area contributed by atoms with Crippen LogP contribution in [0.25, 0.3) is 0 Å². The van der Waals surface area contributed by atoms with Crippen molar-refractivity contribution in [1.82, 2.24) is 4.90 Å². The molecule has 2 aliphatic rings. The highest BCUT2D eigenvalue weighted by atomic mass is 15.1. The lowest BCUT2D eigenvalue weighted by molar-refractivity contribution is 0.142. The number of rotatable bonds is 1. The summed E-state index contributed by atoms with van der Waals surface area (Å²) in [4.78, 5) is 2.45. The molecule has 0 aromatic rings. The maximum Gasteiger partial charge on any atom is -0.00134 e. The SMILES string of the molecule is CC(C)C1=CC2(CCN(C)CC2)C1. The normalized spacial score (nSPS) is 27.5. The highest BCUT2D eigenvalue weighted by Gasteiger charge is 2.39. The summed E-state index contributed by atoms with van der Waals surface area (Å²) in [6, 6.07) is 0. The average Bonchev–Trinajstić information content (AvgIpc) is 2.02. The van der Waals surface area contributed by atoms with Crippen LogP contribution in [-0.2, 0) is 0 Å². The third kappa shape index (κ3) is 1.67. The van der Waals surface area contributed by atoms with E-state index < -0.39 is 0 Å². The topological polar surface area (TPSA) is 3.24 Å². The number of allylic oxidation sites excluding steroid dienone is 2. The minimum Gasteiger partial charge on any atom is -0.306 e. The zero-order valence-corrected chi connectivity index (χ0v) is 9.14. The fourth-order valence-electron chi connectivity index (χ4n) is 2.53. The van der Waals surface area contributed by atoms with Gasteiger partial charge in [0, 0.05) is 0 Å². The summed E-state index contributed by atoms with van der Waals surface area (Å²) in [6.07, 6.45) is 6.74. The van der Waals surface area contributed by atoms with Crippen molar-refractivity contribution in [3.8, 4) is 0 Å². The minimum absolute atomic E-state index is 0.631. The molecule has 0 unspecified atom stereocenters. The molecule has 1 heterocycles. The smallest absolute Gasteiger partial charge is 0.00134 e. The van der Waals surface area contributed by atoms with E-state index in [2.05, 4.69) is 31.9 Å². The maximum atomic E-state index is 2.57. The largest absolute Gasteiger partial charge is 0.306 e. The van der Waals surface area contributed by atoms with Crippen molar-refractivity contribution < 1.29 is 0 Å². The van der Waals surface area contributed by atoms with Crippen molar-refractivity contribution in [2.75, 3.05) is 20.1 Å². The molecule has 0 saturated carbocycles. The van der Waals surface area contributed by atoms with Gasteiger partial charge in [-0.05, 0) is 50.7 Å². The molecule has 0 radical (unpaired) electrons. The fourth-order valence-corrected chi connectivity index (χ4v) is 2.53. The summed E-state index contributed by atoms with van der Waals surface area (Å²) in [5, 5.41) is 0. The molecule has 1 aliphatic carbocycles. The maximum absolute atomic E-state index is 2.57. The third-order valence-corrected chi connectivity index (χ3v) is 3.77. The highest BCUT2D eigenvalue weighted by molar-refractivity contribution is 5.26. The first-order chi connectivity index (χ1) is 6.11. The van der Waals surface area contributed by atoms with E-state index in [0.29, 0.717) is 5.41 Å². The van der Waals surface area contributed by atoms with Crippen LogP contribution in [0, 0.1) is 11.3 Å². The van der Waals surface area contributed by atoms with Gasteiger partial charge in [-0.3, -0.25) is 0 Å². The lowest BCUT2D eigenvalue weighted by Gasteiger charge is -2.46. The Morgan fingerprint density at radius 1 is 1.31 bits per heavy atom. The lowest BCUT2D eigenvalue weighted by atomic mass is 9.63. The highest BCUT2D eigenvalue weighted by Crippen LogP contribution is 2.48. The van der Waals surface area contributed by atoms with Gasteiger partial charge in [0.05, 0.1) is 0 Å². The number of hydrogen-bond donors (Lipinski definition) is 0. The van der Waals surface area contributed by atoms with E-state index in [1.54, 1.807) is 5.57 Å². The van der Waals surface area contributed by atoms with Gasteiger partial charge in [0.2, 0.25) is 0 Å². The van der Waals surface area contributed by atoms with Gasteiger partial charge in [-0.25, -0.2) is 0 Å². The summed E-state index contributed by atoms with van der Waals surface area (Å²) in [5.41, 5.74) is 2.33. The van der Waals surface area contributed by atoms with Crippen LogP contribution in [0.1, 0.15) is 33.1 Å². The standard InChI is InChI=1S/C12H21N/c1-10(2)11-8-12(9-11)4-6-13(3)7-5-12/h8,10H,4-7,9H2,1-3H3. The van der Waals surface area contributed by atoms with E-state index in [1.165, 1.54) is 32.4 Å². The predicted octanol–water partition coefficient (Wildman–Crippen LogP) is 2.68. The summed E-state index contributed by atoms with van der Waals surface area (Å²) in [7, 11) is 2.23. The van der Waals surface area contributed by atoms with E-state index >= 15 is 0 Å². The van der Waals surface area contributed by atoms with Crippen LogP contribution in [0.4, 0.5) is 0 Å². The van der Waals surface area contributed by atoms with Crippen LogP contribution in [-0.4, -0.2) is 25.0 Å². The Labute approximate surface area is 81.8 Å². The van der Waals surface area contributed by atoms with E-state index in [4.69, 9.17) is 0 Å². The second-order valence-electron chi connectivity index (χ2n) is 5.22. The van der Waals surface area contributed by atoms with Gasteiger partial charge in [0.1, 0.15) is 0 Å². The molecule has 13 heavy (non-hydrogen) atoms. The summed E-state index contributed by atoms with van der Waals surface area (Å²) < 4.78 is 0. The number of piperidine rings is 1. The molecule has 0 N–H and O–H groups in total. The van der Waals surface area contributed by atoms with E-state index in [0.717, 1.165) is 5.92 Å². The van der Waals surface area contributed by atoms with E-state index in [1.807, 2.05) is 0 Å². The van der Waals surface area contributed by atoms with Crippen LogP contribution in [0.3, 0.4) is 0 Å². The number of likely N-dealkylation sites (tertiary alicyclic amines) is 1. The Balaban J connectivity index is 1.96. The van der Waals surface area contributed by atoms with Crippen molar-refractivity contribution in [2.24, 2.45) is 11.3 Å². The van der Waals surface area contributed by atoms with Gasteiger partial charge in [0.25, 0.3) is 0 Å². The van der Waals surface area contributed by atoms with E-state index in [-0.39, 0.29) is 0 Å². The van der Waals surface area contributed by atoms with E-state index in [9.17, 15) is 0 Å². The molecule has 1 fully saturated rings. The molecular formula is C12H21N. The molecular weight excluding hydrogens is 158 g/mol. The van der Waals surface area contributed by atoms with Gasteiger partial charge in [-0.2, -0.15) is 0 Å². The molecule has 1 spiro atoms. The molecule has 0 atom stereocenters. The average molecular weight is 179 g/mol. The third-order valence-electron chi connectivity index (χ3n) is 3.77. The van der Waals surface area contributed by atoms with Gasteiger partial charge >= 0.3 is 0 Å². The summed E-state index contributed by atoms with van der Waals surface area (Å²) in [5.74, 6) is 0.783. The predicted molar refractivity (Wildman–Crippen MR) is 56.7 cm³/mol. The first kappa shape index (κ1) is 9.26.